The van der Waals surface area contributed by atoms with Crippen molar-refractivity contribution in [3.05, 3.63) is 47.9 Å². The van der Waals surface area contributed by atoms with Crippen molar-refractivity contribution in [2.45, 2.75) is 19.8 Å². The summed E-state index contributed by atoms with van der Waals surface area (Å²) >= 11 is 0. The third kappa shape index (κ3) is 2.28. The molecule has 0 aromatic rings. The van der Waals surface area contributed by atoms with Gasteiger partial charge in [0.15, 0.2) is 5.78 Å². The van der Waals surface area contributed by atoms with Crippen LogP contribution in [0, 0.1) is 0 Å². The second kappa shape index (κ2) is 4.70. The van der Waals surface area contributed by atoms with Gasteiger partial charge in [-0.25, -0.2) is 4.39 Å². The van der Waals surface area contributed by atoms with E-state index in [1.807, 2.05) is 13.0 Å². The van der Waals surface area contributed by atoms with E-state index in [1.54, 1.807) is 0 Å². The Hall–Kier alpha value is -1.44. The molecule has 74 valence electrons. The van der Waals surface area contributed by atoms with Gasteiger partial charge in [0.2, 0.25) is 0 Å². The molecule has 1 saturated carbocycles. The van der Waals surface area contributed by atoms with Crippen molar-refractivity contribution in [2.75, 3.05) is 0 Å². The maximum atomic E-state index is 12.7. The first kappa shape index (κ1) is 10.6. The molecular formula is C12H13FO. The molecule has 0 saturated heterocycles. The summed E-state index contributed by atoms with van der Waals surface area (Å²) in [6.45, 7) is 5.18. The molecule has 1 aliphatic carbocycles. The quantitative estimate of drug-likeness (QED) is 0.484. The minimum Gasteiger partial charge on any atom is -0.294 e. The van der Waals surface area contributed by atoms with Crippen LogP contribution in [0.3, 0.4) is 0 Å². The third-order valence-corrected chi connectivity index (χ3v) is 2.22. The van der Waals surface area contributed by atoms with Crippen molar-refractivity contribution in [1.29, 1.82) is 0 Å². The lowest BCUT2D eigenvalue weighted by Crippen LogP contribution is -1.91. The van der Waals surface area contributed by atoms with Crippen molar-refractivity contribution in [1.82, 2.24) is 0 Å². The zero-order valence-corrected chi connectivity index (χ0v) is 8.22. The number of carbonyl (C=O) groups excluding carboxylic acids is 1. The lowest BCUT2D eigenvalue weighted by molar-refractivity contribution is -0.114. The summed E-state index contributed by atoms with van der Waals surface area (Å²) in [6, 6.07) is 0. The molecule has 1 nitrogen and oxygen atoms in total. The van der Waals surface area contributed by atoms with Gasteiger partial charge in [0, 0.05) is 12.0 Å². The number of halogens is 1. The van der Waals surface area contributed by atoms with Crippen LogP contribution in [0.15, 0.2) is 47.9 Å². The molecule has 0 heterocycles. The Bertz CT molecular complexity index is 345. The SMILES string of the molecule is C=C\C(F)=C/C=C1/C(=O)CC/C1=C/C. The van der Waals surface area contributed by atoms with Crippen LogP contribution < -0.4 is 0 Å². The molecule has 0 radical (unpaired) electrons. The van der Waals surface area contributed by atoms with Crippen LogP contribution in [0.2, 0.25) is 0 Å². The van der Waals surface area contributed by atoms with Crippen LogP contribution in [-0.2, 0) is 4.79 Å². The number of hydrogen-bond acceptors (Lipinski definition) is 1. The Morgan fingerprint density at radius 3 is 2.79 bits per heavy atom. The van der Waals surface area contributed by atoms with Gasteiger partial charge < -0.3 is 0 Å². The molecular weight excluding hydrogens is 179 g/mol. The van der Waals surface area contributed by atoms with E-state index >= 15 is 0 Å². The summed E-state index contributed by atoms with van der Waals surface area (Å²) in [7, 11) is 0. The van der Waals surface area contributed by atoms with Crippen molar-refractivity contribution in [3.8, 4) is 0 Å². The van der Waals surface area contributed by atoms with Crippen molar-refractivity contribution >= 4 is 5.78 Å². The maximum absolute atomic E-state index is 12.7. The van der Waals surface area contributed by atoms with Crippen molar-refractivity contribution < 1.29 is 9.18 Å². The van der Waals surface area contributed by atoms with Gasteiger partial charge in [0.1, 0.15) is 5.83 Å². The Labute approximate surface area is 83.3 Å². The molecule has 0 spiro atoms. The summed E-state index contributed by atoms with van der Waals surface area (Å²) in [6.07, 6.45) is 7.12. The van der Waals surface area contributed by atoms with Crippen LogP contribution in [0.25, 0.3) is 0 Å². The molecule has 14 heavy (non-hydrogen) atoms. The summed E-state index contributed by atoms with van der Waals surface area (Å²) in [5.74, 6) is -0.334. The molecule has 0 atom stereocenters. The molecule has 0 N–H and O–H groups in total. The van der Waals surface area contributed by atoms with Crippen LogP contribution >= 0.6 is 0 Å². The maximum Gasteiger partial charge on any atom is 0.163 e. The molecule has 0 aromatic heterocycles. The molecule has 1 fully saturated rings. The molecule has 0 unspecified atom stereocenters. The zero-order valence-electron chi connectivity index (χ0n) is 8.22. The molecule has 0 amide bonds. The smallest absolute Gasteiger partial charge is 0.163 e. The Kier molecular flexibility index (Phi) is 3.57. The highest BCUT2D eigenvalue weighted by Gasteiger charge is 2.20. The van der Waals surface area contributed by atoms with E-state index in [9.17, 15) is 9.18 Å². The number of Topliss-reactive ketones (excluding diaryl/α,β-unsaturated/α-hetero) is 1. The highest BCUT2D eigenvalue weighted by Crippen LogP contribution is 2.27. The van der Waals surface area contributed by atoms with Crippen LogP contribution in [-0.4, -0.2) is 5.78 Å². The summed E-state index contributed by atoms with van der Waals surface area (Å²) in [4.78, 5) is 11.4. The van der Waals surface area contributed by atoms with E-state index in [0.717, 1.165) is 18.1 Å². The van der Waals surface area contributed by atoms with Gasteiger partial charge in [-0.3, -0.25) is 4.79 Å². The molecule has 2 heteroatoms. The lowest BCUT2D eigenvalue weighted by Gasteiger charge is -1.95. The average molecular weight is 192 g/mol. The Balaban J connectivity index is 2.95. The van der Waals surface area contributed by atoms with Gasteiger partial charge in [0.25, 0.3) is 0 Å². The number of ketones is 1. The van der Waals surface area contributed by atoms with E-state index < -0.39 is 5.83 Å². The Morgan fingerprint density at radius 2 is 2.21 bits per heavy atom. The number of rotatable bonds is 2. The van der Waals surface area contributed by atoms with Gasteiger partial charge in [-0.05, 0) is 37.1 Å². The molecule has 0 bridgehead atoms. The van der Waals surface area contributed by atoms with E-state index in [4.69, 9.17) is 0 Å². The topological polar surface area (TPSA) is 17.1 Å². The number of allylic oxidation sites excluding steroid dienone is 7. The monoisotopic (exact) mass is 192 g/mol. The van der Waals surface area contributed by atoms with Crippen LogP contribution in [0.4, 0.5) is 4.39 Å². The second-order valence-corrected chi connectivity index (χ2v) is 3.07. The number of carbonyl (C=O) groups is 1. The molecule has 0 aromatic carbocycles. The minimum atomic E-state index is -0.423. The standard InChI is InChI=1S/C12H13FO/c1-3-9-5-8-12(14)11(9)7-6-10(13)4-2/h3-4,6-7H,2,5,8H2,1H3/b9-3-,10-6+,11-7+. The van der Waals surface area contributed by atoms with Gasteiger partial charge in [0.05, 0.1) is 0 Å². The van der Waals surface area contributed by atoms with Crippen LogP contribution in [0.1, 0.15) is 19.8 Å². The molecule has 0 aliphatic heterocycles. The fourth-order valence-corrected chi connectivity index (χ4v) is 1.43. The van der Waals surface area contributed by atoms with E-state index in [1.165, 1.54) is 12.2 Å². The summed E-state index contributed by atoms with van der Waals surface area (Å²) in [5.41, 5.74) is 1.63. The molecule has 1 aliphatic rings. The van der Waals surface area contributed by atoms with Gasteiger partial charge in [-0.1, -0.05) is 12.7 Å². The third-order valence-electron chi connectivity index (χ3n) is 2.22. The van der Waals surface area contributed by atoms with Gasteiger partial charge in [-0.15, -0.1) is 0 Å². The van der Waals surface area contributed by atoms with E-state index in [-0.39, 0.29) is 5.78 Å². The molecule has 1 rings (SSSR count). The zero-order chi connectivity index (χ0) is 10.6. The highest BCUT2D eigenvalue weighted by molar-refractivity contribution is 6.03. The van der Waals surface area contributed by atoms with Gasteiger partial charge >= 0.3 is 0 Å². The minimum absolute atomic E-state index is 0.0891. The number of hydrogen-bond donors (Lipinski definition) is 0. The summed E-state index contributed by atoms with van der Waals surface area (Å²) in [5, 5.41) is 0. The largest absolute Gasteiger partial charge is 0.294 e. The normalized spacial score (nSPS) is 23.6. The van der Waals surface area contributed by atoms with E-state index in [2.05, 4.69) is 6.58 Å². The second-order valence-electron chi connectivity index (χ2n) is 3.07. The predicted octanol–water partition coefficient (Wildman–Crippen LogP) is 3.26. The summed E-state index contributed by atoms with van der Waals surface area (Å²) < 4.78 is 12.7. The first-order chi connectivity index (χ1) is 6.69. The fourth-order valence-electron chi connectivity index (χ4n) is 1.43. The first-order valence-electron chi connectivity index (χ1n) is 4.57. The van der Waals surface area contributed by atoms with Gasteiger partial charge in [-0.2, -0.15) is 0 Å². The highest BCUT2D eigenvalue weighted by atomic mass is 19.1. The van der Waals surface area contributed by atoms with Crippen molar-refractivity contribution in [2.24, 2.45) is 0 Å². The fraction of sp³-hybridized carbons (Fsp3) is 0.250. The van der Waals surface area contributed by atoms with E-state index in [0.29, 0.717) is 12.0 Å². The average Bonchev–Trinajstić information content (AvgIpc) is 2.55. The predicted molar refractivity (Wildman–Crippen MR) is 55.5 cm³/mol. The first-order valence-corrected chi connectivity index (χ1v) is 4.57. The lowest BCUT2D eigenvalue weighted by atomic mass is 10.1. The Morgan fingerprint density at radius 1 is 1.50 bits per heavy atom. The van der Waals surface area contributed by atoms with Crippen LogP contribution in [0.5, 0.6) is 0 Å². The van der Waals surface area contributed by atoms with Crippen molar-refractivity contribution in [3.63, 3.8) is 0 Å².